The van der Waals surface area contributed by atoms with E-state index in [4.69, 9.17) is 0 Å². The Labute approximate surface area is 186 Å². The molecular formula is C23H40N4O4. The van der Waals surface area contributed by atoms with Crippen molar-refractivity contribution in [3.63, 3.8) is 0 Å². The van der Waals surface area contributed by atoms with Crippen molar-refractivity contribution < 1.29 is 19.8 Å². The predicted octanol–water partition coefficient (Wildman–Crippen LogP) is 3.83. The Hall–Kier alpha value is -2.32. The number of urea groups is 2. The molecule has 0 radical (unpaired) electrons. The van der Waals surface area contributed by atoms with Crippen molar-refractivity contribution >= 4 is 23.4 Å². The Morgan fingerprint density at radius 1 is 0.871 bits per heavy atom. The van der Waals surface area contributed by atoms with Crippen molar-refractivity contribution in [3.8, 4) is 0 Å². The number of rotatable bonds is 10. The van der Waals surface area contributed by atoms with E-state index >= 15 is 0 Å². The Morgan fingerprint density at radius 2 is 1.32 bits per heavy atom. The van der Waals surface area contributed by atoms with Crippen LogP contribution in [0.3, 0.4) is 0 Å². The Balaban J connectivity index is 2.64. The van der Waals surface area contributed by atoms with Gasteiger partial charge in [-0.15, -0.1) is 0 Å². The summed E-state index contributed by atoms with van der Waals surface area (Å²) >= 11 is 0. The smallest absolute Gasteiger partial charge is 0.319 e. The molecule has 2 atom stereocenters. The lowest BCUT2D eigenvalue weighted by molar-refractivity contribution is 0.129. The predicted molar refractivity (Wildman–Crippen MR) is 125 cm³/mol. The van der Waals surface area contributed by atoms with Crippen molar-refractivity contribution in [2.24, 2.45) is 10.8 Å². The second-order valence-electron chi connectivity index (χ2n) is 10.1. The number of benzene rings is 1. The lowest BCUT2D eigenvalue weighted by atomic mass is 9.87. The van der Waals surface area contributed by atoms with E-state index in [9.17, 15) is 19.8 Å². The van der Waals surface area contributed by atoms with E-state index in [2.05, 4.69) is 21.3 Å². The van der Waals surface area contributed by atoms with Crippen molar-refractivity contribution in [2.75, 3.05) is 23.7 Å². The molecule has 0 aliphatic heterocycles. The van der Waals surface area contributed by atoms with Gasteiger partial charge in [0.2, 0.25) is 0 Å². The highest BCUT2D eigenvalue weighted by molar-refractivity contribution is 5.93. The fourth-order valence-electron chi connectivity index (χ4n) is 3.56. The second kappa shape index (κ2) is 11.3. The molecule has 0 spiro atoms. The van der Waals surface area contributed by atoms with Gasteiger partial charge in [-0.2, -0.15) is 0 Å². The lowest BCUT2D eigenvalue weighted by Crippen LogP contribution is -2.38. The molecule has 0 unspecified atom stereocenters. The number of aryl methyl sites for hydroxylation is 1. The molecule has 176 valence electrons. The maximum atomic E-state index is 12.3. The van der Waals surface area contributed by atoms with Crippen LogP contribution < -0.4 is 21.3 Å². The zero-order valence-corrected chi connectivity index (χ0v) is 19.9. The fraction of sp³-hybridized carbons (Fsp3) is 0.652. The van der Waals surface area contributed by atoms with Crippen LogP contribution in [0.2, 0.25) is 0 Å². The van der Waals surface area contributed by atoms with Gasteiger partial charge in [0.25, 0.3) is 0 Å². The molecule has 0 saturated carbocycles. The van der Waals surface area contributed by atoms with Crippen LogP contribution in [0.1, 0.15) is 59.9 Å². The summed E-state index contributed by atoms with van der Waals surface area (Å²) in [6.45, 7) is 14.1. The van der Waals surface area contributed by atoms with Gasteiger partial charge < -0.3 is 31.5 Å². The van der Waals surface area contributed by atoms with Crippen molar-refractivity contribution in [3.05, 3.63) is 23.8 Å². The van der Waals surface area contributed by atoms with Crippen LogP contribution >= 0.6 is 0 Å². The molecule has 0 aliphatic carbocycles. The molecule has 1 aromatic carbocycles. The molecule has 8 nitrogen and oxygen atoms in total. The van der Waals surface area contributed by atoms with Gasteiger partial charge in [0.1, 0.15) is 0 Å². The number of hydrogen-bond acceptors (Lipinski definition) is 4. The summed E-state index contributed by atoms with van der Waals surface area (Å²) in [6.07, 6.45) is 0.284. The molecule has 1 aromatic rings. The van der Waals surface area contributed by atoms with E-state index in [1.165, 1.54) is 0 Å². The highest BCUT2D eigenvalue weighted by Gasteiger charge is 2.22. The molecule has 0 aliphatic rings. The number of carbonyl (C=O) groups is 2. The number of aliphatic hydroxyl groups is 2. The average Bonchev–Trinajstić information content (AvgIpc) is 2.59. The first-order chi connectivity index (χ1) is 14.2. The summed E-state index contributed by atoms with van der Waals surface area (Å²) in [5.74, 6) is 0. The zero-order valence-electron chi connectivity index (χ0n) is 19.9. The van der Waals surface area contributed by atoms with Crippen LogP contribution in [0, 0.1) is 17.8 Å². The van der Waals surface area contributed by atoms with Crippen molar-refractivity contribution in [1.29, 1.82) is 0 Å². The number of aliphatic hydroxyl groups excluding tert-OH is 2. The largest absolute Gasteiger partial charge is 0.393 e. The summed E-state index contributed by atoms with van der Waals surface area (Å²) < 4.78 is 0. The van der Waals surface area contributed by atoms with Gasteiger partial charge in [-0.05, 0) is 62.1 Å². The Bertz CT molecular complexity index is 745. The van der Waals surface area contributed by atoms with Gasteiger partial charge in [-0.25, -0.2) is 9.59 Å². The van der Waals surface area contributed by atoms with E-state index in [1.54, 1.807) is 26.0 Å². The van der Waals surface area contributed by atoms with Gasteiger partial charge in [-0.1, -0.05) is 33.8 Å². The van der Waals surface area contributed by atoms with E-state index < -0.39 is 12.2 Å². The lowest BCUT2D eigenvalue weighted by Gasteiger charge is -2.26. The number of carbonyl (C=O) groups excluding carboxylic acids is 2. The third kappa shape index (κ3) is 11.0. The molecular weight excluding hydrogens is 396 g/mol. The van der Waals surface area contributed by atoms with E-state index in [-0.39, 0.29) is 22.9 Å². The van der Waals surface area contributed by atoms with E-state index in [0.29, 0.717) is 37.3 Å². The molecule has 0 bridgehead atoms. The van der Waals surface area contributed by atoms with Crippen LogP contribution in [0.15, 0.2) is 18.2 Å². The first kappa shape index (κ1) is 26.7. The highest BCUT2D eigenvalue weighted by atomic mass is 16.3. The topological polar surface area (TPSA) is 123 Å². The molecule has 1 rings (SSSR count). The van der Waals surface area contributed by atoms with E-state index in [0.717, 1.165) is 5.56 Å². The first-order valence-electron chi connectivity index (χ1n) is 10.8. The van der Waals surface area contributed by atoms with Crippen LogP contribution in [-0.2, 0) is 0 Å². The SMILES string of the molecule is Cc1ccc(NC(=O)NCC(C)(C)C[C@@H](C)O)cc1NC(=O)NCC(C)(C)C[C@H](C)O. The molecule has 0 saturated heterocycles. The van der Waals surface area contributed by atoms with Crippen molar-refractivity contribution in [2.45, 2.75) is 73.5 Å². The number of nitrogens with one attached hydrogen (secondary N) is 4. The molecule has 0 aromatic heterocycles. The molecule has 0 heterocycles. The first-order valence-corrected chi connectivity index (χ1v) is 10.8. The standard InChI is InChI=1S/C23H40N4O4/c1-15-8-9-18(26-20(30)24-13-22(4,5)11-16(2)28)10-19(15)27-21(31)25-14-23(6,7)12-17(3)29/h8-10,16-17,28-29H,11-14H2,1-7H3,(H2,24,26,30)(H2,25,27,31)/t16-,17+/m1/s1. The third-order valence-corrected chi connectivity index (χ3v) is 4.89. The fourth-order valence-corrected chi connectivity index (χ4v) is 3.56. The van der Waals surface area contributed by atoms with Crippen LogP contribution in [0.25, 0.3) is 0 Å². The molecule has 31 heavy (non-hydrogen) atoms. The minimum Gasteiger partial charge on any atom is -0.393 e. The summed E-state index contributed by atoms with van der Waals surface area (Å²) in [6, 6.07) is 4.60. The maximum absolute atomic E-state index is 12.3. The minimum atomic E-state index is -0.436. The van der Waals surface area contributed by atoms with Crippen LogP contribution in [0.4, 0.5) is 21.0 Å². The monoisotopic (exact) mass is 436 g/mol. The van der Waals surface area contributed by atoms with Gasteiger partial charge in [0, 0.05) is 24.5 Å². The number of amides is 4. The summed E-state index contributed by atoms with van der Waals surface area (Å²) in [4.78, 5) is 24.6. The zero-order chi connectivity index (χ0) is 23.8. The van der Waals surface area contributed by atoms with Crippen LogP contribution in [-0.4, -0.2) is 47.6 Å². The molecule has 0 fully saturated rings. The molecule has 8 heteroatoms. The highest BCUT2D eigenvalue weighted by Crippen LogP contribution is 2.23. The van der Waals surface area contributed by atoms with E-state index in [1.807, 2.05) is 40.7 Å². The summed E-state index contributed by atoms with van der Waals surface area (Å²) in [5.41, 5.74) is 1.55. The number of hydrogen-bond donors (Lipinski definition) is 6. The number of anilines is 2. The van der Waals surface area contributed by atoms with Gasteiger partial charge in [-0.3, -0.25) is 0 Å². The van der Waals surface area contributed by atoms with Gasteiger partial charge in [0.15, 0.2) is 0 Å². The minimum absolute atomic E-state index is 0.231. The Morgan fingerprint density at radius 3 is 1.77 bits per heavy atom. The molecule has 4 amide bonds. The summed E-state index contributed by atoms with van der Waals surface area (Å²) in [5, 5.41) is 30.4. The summed E-state index contributed by atoms with van der Waals surface area (Å²) in [7, 11) is 0. The van der Waals surface area contributed by atoms with Gasteiger partial charge >= 0.3 is 12.1 Å². The van der Waals surface area contributed by atoms with Gasteiger partial charge in [0.05, 0.1) is 12.2 Å². The second-order valence-corrected chi connectivity index (χ2v) is 10.1. The molecule has 6 N–H and O–H groups in total. The normalized spacial score (nSPS) is 13.8. The average molecular weight is 437 g/mol. The van der Waals surface area contributed by atoms with Crippen molar-refractivity contribution in [1.82, 2.24) is 10.6 Å². The van der Waals surface area contributed by atoms with Crippen LogP contribution in [0.5, 0.6) is 0 Å². The maximum Gasteiger partial charge on any atom is 0.319 e. The third-order valence-electron chi connectivity index (χ3n) is 4.89. The quantitative estimate of drug-likeness (QED) is 0.334. The Kier molecular flexibility index (Phi) is 9.77.